The number of hydrogen-bond acceptors (Lipinski definition) is 1. The van der Waals surface area contributed by atoms with Crippen LogP contribution in [0.3, 0.4) is 0 Å². The Morgan fingerprint density at radius 2 is 1.57 bits per heavy atom. The molecular formula is C21H13ClF4N2. The van der Waals surface area contributed by atoms with Gasteiger partial charge in [0.1, 0.15) is 11.3 Å². The van der Waals surface area contributed by atoms with Crippen molar-refractivity contribution in [3.8, 4) is 11.3 Å². The second kappa shape index (κ2) is 6.95. The molecule has 142 valence electrons. The standard InChI is InChI=1S/C21H13ClF4N2/c22-15-8-4-13(5-9-15)12-28-20(14-6-10-16(23)11-7-14)17-2-1-3-18(19(17)27-28)21(24,25)26/h1-11H,12H2. The van der Waals surface area contributed by atoms with Crippen molar-refractivity contribution in [3.63, 3.8) is 0 Å². The summed E-state index contributed by atoms with van der Waals surface area (Å²) in [6.45, 7) is 0.246. The highest BCUT2D eigenvalue weighted by atomic mass is 35.5. The molecule has 1 heterocycles. The lowest BCUT2D eigenvalue weighted by Gasteiger charge is -2.09. The first-order valence-electron chi connectivity index (χ1n) is 8.40. The average molecular weight is 405 g/mol. The molecular weight excluding hydrogens is 392 g/mol. The Hall–Kier alpha value is -2.86. The van der Waals surface area contributed by atoms with Crippen molar-refractivity contribution in [3.05, 3.63) is 88.7 Å². The van der Waals surface area contributed by atoms with Crippen LogP contribution in [0.15, 0.2) is 66.7 Å². The molecule has 0 bridgehead atoms. The van der Waals surface area contributed by atoms with Crippen molar-refractivity contribution in [2.24, 2.45) is 0 Å². The van der Waals surface area contributed by atoms with Crippen LogP contribution in [0.1, 0.15) is 11.1 Å². The van der Waals surface area contributed by atoms with E-state index in [1.54, 1.807) is 30.3 Å². The maximum atomic E-state index is 13.5. The highest BCUT2D eigenvalue weighted by Gasteiger charge is 2.34. The first-order valence-corrected chi connectivity index (χ1v) is 8.78. The van der Waals surface area contributed by atoms with Gasteiger partial charge in [-0.1, -0.05) is 35.9 Å². The molecule has 0 fully saturated rings. The molecule has 0 N–H and O–H groups in total. The van der Waals surface area contributed by atoms with Crippen LogP contribution in [0, 0.1) is 5.82 Å². The van der Waals surface area contributed by atoms with Gasteiger partial charge in [-0.15, -0.1) is 0 Å². The predicted molar refractivity (Wildman–Crippen MR) is 101 cm³/mol. The summed E-state index contributed by atoms with van der Waals surface area (Å²) in [5.74, 6) is -0.423. The molecule has 0 unspecified atom stereocenters. The van der Waals surface area contributed by atoms with E-state index >= 15 is 0 Å². The SMILES string of the molecule is Fc1ccc(-c2c3cccc(C(F)(F)F)c3nn2Cc2ccc(Cl)cc2)cc1. The summed E-state index contributed by atoms with van der Waals surface area (Å²) in [6.07, 6.45) is -4.53. The lowest BCUT2D eigenvalue weighted by molar-refractivity contribution is -0.136. The second-order valence-corrected chi connectivity index (χ2v) is 6.78. The van der Waals surface area contributed by atoms with Crippen LogP contribution < -0.4 is 0 Å². The maximum Gasteiger partial charge on any atom is 0.418 e. The number of benzene rings is 3. The van der Waals surface area contributed by atoms with Gasteiger partial charge in [0.2, 0.25) is 0 Å². The minimum absolute atomic E-state index is 0.136. The fourth-order valence-corrected chi connectivity index (χ4v) is 3.30. The van der Waals surface area contributed by atoms with Crippen molar-refractivity contribution in [2.45, 2.75) is 12.7 Å². The molecule has 0 aliphatic carbocycles. The van der Waals surface area contributed by atoms with E-state index in [2.05, 4.69) is 5.10 Å². The molecule has 0 aliphatic heterocycles. The van der Waals surface area contributed by atoms with Crippen molar-refractivity contribution >= 4 is 22.5 Å². The first kappa shape index (κ1) is 18.5. The summed E-state index contributed by atoms with van der Waals surface area (Å²) < 4.78 is 55.3. The van der Waals surface area contributed by atoms with E-state index in [0.717, 1.165) is 11.6 Å². The number of alkyl halides is 3. The fourth-order valence-electron chi connectivity index (χ4n) is 3.17. The molecule has 0 saturated heterocycles. The van der Waals surface area contributed by atoms with Crippen LogP contribution >= 0.6 is 11.6 Å². The maximum absolute atomic E-state index is 13.5. The smallest absolute Gasteiger partial charge is 0.259 e. The Bertz CT molecular complexity index is 1130. The van der Waals surface area contributed by atoms with E-state index < -0.39 is 17.6 Å². The number of nitrogens with zero attached hydrogens (tertiary/aromatic N) is 2. The summed E-state index contributed by atoms with van der Waals surface area (Å²) in [5.41, 5.74) is 0.967. The highest BCUT2D eigenvalue weighted by molar-refractivity contribution is 6.30. The molecule has 0 atom stereocenters. The highest BCUT2D eigenvalue weighted by Crippen LogP contribution is 2.38. The average Bonchev–Trinajstić information content (AvgIpc) is 3.01. The summed E-state index contributed by atoms with van der Waals surface area (Å²) in [4.78, 5) is 0. The molecule has 0 saturated carbocycles. The minimum atomic E-state index is -4.53. The largest absolute Gasteiger partial charge is 0.418 e. The molecule has 7 heteroatoms. The van der Waals surface area contributed by atoms with E-state index in [9.17, 15) is 17.6 Å². The lowest BCUT2D eigenvalue weighted by Crippen LogP contribution is -2.06. The van der Waals surface area contributed by atoms with Crippen molar-refractivity contribution < 1.29 is 17.6 Å². The lowest BCUT2D eigenvalue weighted by atomic mass is 10.0. The van der Waals surface area contributed by atoms with Crippen LogP contribution in [0.25, 0.3) is 22.2 Å². The molecule has 4 aromatic rings. The van der Waals surface area contributed by atoms with E-state index in [4.69, 9.17) is 11.6 Å². The van der Waals surface area contributed by atoms with Gasteiger partial charge in [-0.2, -0.15) is 18.3 Å². The molecule has 28 heavy (non-hydrogen) atoms. The van der Waals surface area contributed by atoms with Gasteiger partial charge in [0.05, 0.1) is 17.8 Å². The van der Waals surface area contributed by atoms with Crippen molar-refractivity contribution in [1.29, 1.82) is 0 Å². The summed E-state index contributed by atoms with van der Waals surface area (Å²) in [7, 11) is 0. The number of hydrogen-bond donors (Lipinski definition) is 0. The molecule has 0 radical (unpaired) electrons. The molecule has 0 amide bonds. The number of halogens is 5. The zero-order chi connectivity index (χ0) is 19.9. The molecule has 1 aromatic heterocycles. The van der Waals surface area contributed by atoms with Gasteiger partial charge >= 0.3 is 6.18 Å². The quantitative estimate of drug-likeness (QED) is 0.353. The van der Waals surface area contributed by atoms with Crippen LogP contribution in [-0.4, -0.2) is 9.78 Å². The number of rotatable bonds is 3. The normalized spacial score (nSPS) is 11.9. The third-order valence-corrected chi connectivity index (χ3v) is 4.69. The number of fused-ring (bicyclic) bond motifs is 1. The minimum Gasteiger partial charge on any atom is -0.259 e. The molecule has 0 aliphatic rings. The second-order valence-electron chi connectivity index (χ2n) is 6.34. The summed E-state index contributed by atoms with van der Waals surface area (Å²) in [6, 6.07) is 16.5. The Morgan fingerprint density at radius 3 is 2.21 bits per heavy atom. The number of aromatic nitrogens is 2. The fraction of sp³-hybridized carbons (Fsp3) is 0.0952. The third kappa shape index (κ3) is 3.47. The summed E-state index contributed by atoms with van der Waals surface area (Å²) >= 11 is 5.91. The van der Waals surface area contributed by atoms with Crippen LogP contribution in [0.5, 0.6) is 0 Å². The molecule has 4 rings (SSSR count). The molecule has 0 spiro atoms. The van der Waals surface area contributed by atoms with Gasteiger partial charge in [-0.3, -0.25) is 4.68 Å². The van der Waals surface area contributed by atoms with Crippen LogP contribution in [0.4, 0.5) is 17.6 Å². The first-order chi connectivity index (χ1) is 13.3. The van der Waals surface area contributed by atoms with Gasteiger partial charge in [-0.25, -0.2) is 4.39 Å². The Morgan fingerprint density at radius 1 is 0.893 bits per heavy atom. The Kier molecular flexibility index (Phi) is 4.59. The third-order valence-electron chi connectivity index (χ3n) is 4.44. The molecule has 2 nitrogen and oxygen atoms in total. The van der Waals surface area contributed by atoms with Crippen molar-refractivity contribution in [2.75, 3.05) is 0 Å². The van der Waals surface area contributed by atoms with Crippen molar-refractivity contribution in [1.82, 2.24) is 9.78 Å². The van der Waals surface area contributed by atoms with Gasteiger partial charge in [-0.05, 0) is 48.0 Å². The van der Waals surface area contributed by atoms with Crippen LogP contribution in [0.2, 0.25) is 5.02 Å². The van der Waals surface area contributed by atoms with Gasteiger partial charge < -0.3 is 0 Å². The Balaban J connectivity index is 1.94. The summed E-state index contributed by atoms with van der Waals surface area (Å²) in [5, 5.41) is 5.18. The van der Waals surface area contributed by atoms with E-state index in [1.807, 2.05) is 0 Å². The zero-order valence-corrected chi connectivity index (χ0v) is 15.1. The van der Waals surface area contributed by atoms with Gasteiger partial charge in [0.25, 0.3) is 0 Å². The van der Waals surface area contributed by atoms with E-state index in [1.165, 1.54) is 35.0 Å². The topological polar surface area (TPSA) is 17.8 Å². The van der Waals surface area contributed by atoms with E-state index in [0.29, 0.717) is 21.7 Å². The molecule has 3 aromatic carbocycles. The van der Waals surface area contributed by atoms with E-state index in [-0.39, 0.29) is 12.1 Å². The van der Waals surface area contributed by atoms with Crippen LogP contribution in [-0.2, 0) is 12.7 Å². The zero-order valence-electron chi connectivity index (χ0n) is 14.3. The Labute approximate surface area is 163 Å². The monoisotopic (exact) mass is 404 g/mol. The van der Waals surface area contributed by atoms with Gasteiger partial charge in [0, 0.05) is 16.0 Å². The van der Waals surface area contributed by atoms with Gasteiger partial charge in [0.15, 0.2) is 0 Å². The predicted octanol–water partition coefficient (Wildman–Crippen LogP) is 6.56.